The molecule has 0 bridgehead atoms. The van der Waals surface area contributed by atoms with Crippen molar-refractivity contribution in [2.24, 2.45) is 0 Å². The molecule has 0 unspecified atom stereocenters. The van der Waals surface area contributed by atoms with Gasteiger partial charge in [-0.3, -0.25) is 9.69 Å². The van der Waals surface area contributed by atoms with Crippen LogP contribution < -0.4 is 15.5 Å². The third kappa shape index (κ3) is 6.98. The molecule has 3 aromatic rings. The number of hydrogen-bond donors (Lipinski definition) is 2. The van der Waals surface area contributed by atoms with E-state index < -0.39 is 17.6 Å². The van der Waals surface area contributed by atoms with E-state index in [-0.39, 0.29) is 24.7 Å². The second-order valence-electron chi connectivity index (χ2n) is 7.11. The molecule has 0 aromatic heterocycles. The zero-order valence-electron chi connectivity index (χ0n) is 17.4. The highest BCUT2D eigenvalue weighted by Crippen LogP contribution is 2.29. The number of carbonyl (C=O) groups excluding carboxylic acids is 2. The highest BCUT2D eigenvalue weighted by Gasteiger charge is 2.30. The smallest absolute Gasteiger partial charge is 0.352 e. The number of carbonyl (C=O) groups is 2. The third-order valence-electron chi connectivity index (χ3n) is 4.70. The molecule has 9 heteroatoms. The second kappa shape index (κ2) is 10.9. The maximum Gasteiger partial charge on any atom is 0.416 e. The molecule has 3 aromatic carbocycles. The maximum atomic E-state index is 12.9. The average molecular weight is 476 g/mol. The number of urea groups is 1. The minimum atomic E-state index is -4.52. The fourth-order valence-electron chi connectivity index (χ4n) is 3.06. The van der Waals surface area contributed by atoms with E-state index in [1.807, 2.05) is 6.07 Å². The van der Waals surface area contributed by atoms with Gasteiger partial charge >= 0.3 is 12.2 Å². The summed E-state index contributed by atoms with van der Waals surface area (Å²) in [4.78, 5) is 26.6. The molecule has 2 N–H and O–H groups in total. The SMILES string of the molecule is O=C(NCCCN(C(=O)Nc1ccc(Cl)cc1)c1ccccc1)c1cccc(C(F)(F)F)c1. The summed E-state index contributed by atoms with van der Waals surface area (Å²) in [6.07, 6.45) is -4.14. The zero-order chi connectivity index (χ0) is 23.8. The Morgan fingerprint density at radius 1 is 0.909 bits per heavy atom. The van der Waals surface area contributed by atoms with Crippen LogP contribution >= 0.6 is 11.6 Å². The van der Waals surface area contributed by atoms with Crippen molar-refractivity contribution in [1.29, 1.82) is 0 Å². The van der Waals surface area contributed by atoms with Gasteiger partial charge in [-0.2, -0.15) is 13.2 Å². The summed E-state index contributed by atoms with van der Waals surface area (Å²) in [7, 11) is 0. The summed E-state index contributed by atoms with van der Waals surface area (Å²) in [5.41, 5.74) is 0.269. The topological polar surface area (TPSA) is 61.4 Å². The molecule has 0 spiro atoms. The highest BCUT2D eigenvalue weighted by molar-refractivity contribution is 6.30. The van der Waals surface area contributed by atoms with Crippen LogP contribution in [0.3, 0.4) is 0 Å². The van der Waals surface area contributed by atoms with Crippen LogP contribution in [0.2, 0.25) is 5.02 Å². The Bertz CT molecular complexity index is 1090. The van der Waals surface area contributed by atoms with Crippen molar-refractivity contribution in [1.82, 2.24) is 5.32 Å². The van der Waals surface area contributed by atoms with E-state index in [2.05, 4.69) is 10.6 Å². The molecule has 0 radical (unpaired) electrons. The van der Waals surface area contributed by atoms with Gasteiger partial charge in [0, 0.05) is 35.1 Å². The van der Waals surface area contributed by atoms with Gasteiger partial charge in [0.1, 0.15) is 0 Å². The van der Waals surface area contributed by atoms with Crippen LogP contribution in [0.4, 0.5) is 29.3 Å². The number of hydrogen-bond acceptors (Lipinski definition) is 2. The molecular weight excluding hydrogens is 455 g/mol. The van der Waals surface area contributed by atoms with Gasteiger partial charge in [0.25, 0.3) is 5.91 Å². The van der Waals surface area contributed by atoms with Crippen molar-refractivity contribution in [3.05, 3.63) is 95.0 Å². The van der Waals surface area contributed by atoms with E-state index in [9.17, 15) is 22.8 Å². The monoisotopic (exact) mass is 475 g/mol. The van der Waals surface area contributed by atoms with E-state index in [1.54, 1.807) is 48.5 Å². The molecule has 0 aliphatic carbocycles. The van der Waals surface area contributed by atoms with Gasteiger partial charge < -0.3 is 10.6 Å². The molecule has 0 saturated carbocycles. The molecule has 0 aliphatic heterocycles. The Kier molecular flexibility index (Phi) is 7.95. The van der Waals surface area contributed by atoms with Crippen molar-refractivity contribution in [2.75, 3.05) is 23.3 Å². The summed E-state index contributed by atoms with van der Waals surface area (Å²) < 4.78 is 38.6. The number of alkyl halides is 3. The summed E-state index contributed by atoms with van der Waals surface area (Å²) in [6, 6.07) is 19.5. The predicted octanol–water partition coefficient (Wildman–Crippen LogP) is 6.22. The maximum absolute atomic E-state index is 12.9. The van der Waals surface area contributed by atoms with E-state index in [4.69, 9.17) is 11.6 Å². The lowest BCUT2D eigenvalue weighted by molar-refractivity contribution is -0.137. The number of benzene rings is 3. The van der Waals surface area contributed by atoms with E-state index in [0.29, 0.717) is 22.8 Å². The van der Waals surface area contributed by atoms with Crippen LogP contribution in [0, 0.1) is 0 Å². The lowest BCUT2D eigenvalue weighted by atomic mass is 10.1. The van der Waals surface area contributed by atoms with Gasteiger partial charge in [-0.25, -0.2) is 4.79 Å². The first-order valence-corrected chi connectivity index (χ1v) is 10.5. The number of amides is 3. The van der Waals surface area contributed by atoms with Crippen molar-refractivity contribution in [3.63, 3.8) is 0 Å². The lowest BCUT2D eigenvalue weighted by Crippen LogP contribution is -2.37. The fourth-order valence-corrected chi connectivity index (χ4v) is 3.18. The van der Waals surface area contributed by atoms with Crippen LogP contribution in [0.1, 0.15) is 22.3 Å². The highest BCUT2D eigenvalue weighted by atomic mass is 35.5. The normalized spacial score (nSPS) is 11.0. The average Bonchev–Trinajstić information content (AvgIpc) is 2.80. The number of rotatable bonds is 7. The quantitative estimate of drug-likeness (QED) is 0.399. The summed E-state index contributed by atoms with van der Waals surface area (Å²) in [5, 5.41) is 5.94. The molecule has 5 nitrogen and oxygen atoms in total. The molecule has 3 rings (SSSR count). The van der Waals surface area contributed by atoms with Gasteiger partial charge in [0.15, 0.2) is 0 Å². The van der Waals surface area contributed by atoms with E-state index in [1.165, 1.54) is 17.0 Å². The molecule has 0 fully saturated rings. The first-order valence-electron chi connectivity index (χ1n) is 10.1. The van der Waals surface area contributed by atoms with E-state index >= 15 is 0 Å². The Morgan fingerprint density at radius 3 is 2.27 bits per heavy atom. The lowest BCUT2D eigenvalue weighted by Gasteiger charge is -2.23. The molecule has 0 aliphatic rings. The Labute approximate surface area is 194 Å². The van der Waals surface area contributed by atoms with Crippen molar-refractivity contribution >= 4 is 34.9 Å². The standard InChI is InChI=1S/C24H21ClF3N3O2/c25-19-10-12-20(13-11-19)30-23(33)31(21-8-2-1-3-9-21)15-5-14-29-22(32)17-6-4-7-18(16-17)24(26,27)28/h1-4,6-13,16H,5,14-15H2,(H,29,32)(H,30,33). The first-order chi connectivity index (χ1) is 15.7. The second-order valence-corrected chi connectivity index (χ2v) is 7.55. The minimum absolute atomic E-state index is 0.0785. The van der Waals surface area contributed by atoms with Crippen LogP contribution in [0.25, 0.3) is 0 Å². The van der Waals surface area contributed by atoms with Gasteiger partial charge in [-0.05, 0) is 61.0 Å². The first kappa shape index (κ1) is 24.1. The van der Waals surface area contributed by atoms with Gasteiger partial charge in [-0.15, -0.1) is 0 Å². The van der Waals surface area contributed by atoms with Gasteiger partial charge in [0.2, 0.25) is 0 Å². The molecule has 0 heterocycles. The van der Waals surface area contributed by atoms with Crippen molar-refractivity contribution in [3.8, 4) is 0 Å². The molecule has 33 heavy (non-hydrogen) atoms. The Morgan fingerprint density at radius 2 is 1.61 bits per heavy atom. The largest absolute Gasteiger partial charge is 0.416 e. The number of nitrogens with one attached hydrogen (secondary N) is 2. The zero-order valence-corrected chi connectivity index (χ0v) is 18.2. The summed E-state index contributed by atoms with van der Waals surface area (Å²) >= 11 is 5.88. The molecule has 0 saturated heterocycles. The molecular formula is C24H21ClF3N3O2. The third-order valence-corrected chi connectivity index (χ3v) is 4.96. The van der Waals surface area contributed by atoms with Crippen LogP contribution in [-0.2, 0) is 6.18 Å². The summed E-state index contributed by atoms with van der Waals surface area (Å²) in [5.74, 6) is -0.613. The minimum Gasteiger partial charge on any atom is -0.352 e. The predicted molar refractivity (Wildman–Crippen MR) is 123 cm³/mol. The van der Waals surface area contributed by atoms with Crippen LogP contribution in [0.5, 0.6) is 0 Å². The summed E-state index contributed by atoms with van der Waals surface area (Å²) in [6.45, 7) is 0.443. The molecule has 0 atom stereocenters. The van der Waals surface area contributed by atoms with Crippen molar-refractivity contribution in [2.45, 2.75) is 12.6 Å². The van der Waals surface area contributed by atoms with Gasteiger partial charge in [0.05, 0.1) is 5.56 Å². The van der Waals surface area contributed by atoms with Crippen LogP contribution in [0.15, 0.2) is 78.9 Å². The number of halogens is 4. The van der Waals surface area contributed by atoms with Crippen molar-refractivity contribution < 1.29 is 22.8 Å². The van der Waals surface area contributed by atoms with Crippen LogP contribution in [-0.4, -0.2) is 25.0 Å². The Balaban J connectivity index is 1.60. The fraction of sp³-hybridized carbons (Fsp3) is 0.167. The molecule has 172 valence electrons. The molecule has 3 amide bonds. The number of nitrogens with zero attached hydrogens (tertiary/aromatic N) is 1. The Hall–Kier alpha value is -3.52. The van der Waals surface area contributed by atoms with Gasteiger partial charge in [-0.1, -0.05) is 35.9 Å². The number of anilines is 2. The van der Waals surface area contributed by atoms with E-state index in [0.717, 1.165) is 12.1 Å². The number of para-hydroxylation sites is 1.